The molecule has 11 rings (SSSR count). The number of para-hydroxylation sites is 3. The quantitative estimate of drug-likeness (QED) is 0.156. The maximum absolute atomic E-state index is 14.9. The Hall–Kier alpha value is -9.16. The molecule has 0 aliphatic rings. The maximum Gasteiger partial charge on any atom is 0.417 e. The van der Waals surface area contributed by atoms with E-state index >= 15 is 0 Å². The van der Waals surface area contributed by atoms with Gasteiger partial charge in [0.05, 0.1) is 68.8 Å². The summed E-state index contributed by atoms with van der Waals surface area (Å²) in [4.78, 5) is 3.79. The first-order valence-corrected chi connectivity index (χ1v) is 21.6. The molecule has 0 unspecified atom stereocenters. The Balaban J connectivity index is 1.23. The zero-order valence-electron chi connectivity index (χ0n) is 35.8. The van der Waals surface area contributed by atoms with Crippen molar-refractivity contribution >= 4 is 49.3 Å². The predicted octanol–water partition coefficient (Wildman–Crippen LogP) is 16.2. The Morgan fingerprint density at radius 2 is 1.01 bits per heavy atom. The summed E-state index contributed by atoms with van der Waals surface area (Å²) in [5.41, 5.74) is 11.4. The lowest BCUT2D eigenvalue weighted by atomic mass is 9.91. The fraction of sp³-hybridized carbons (Fsp3) is 0.0339. The number of fused-ring (bicyclic) bond motifs is 6. The summed E-state index contributed by atoms with van der Waals surface area (Å²) in [6.45, 7) is 9.55. The molecule has 316 valence electrons. The van der Waals surface area contributed by atoms with Gasteiger partial charge in [-0.3, -0.25) is 0 Å². The molecular weight excluding hydrogens is 836 g/mol. The Labute approximate surface area is 383 Å². The van der Waals surface area contributed by atoms with Gasteiger partial charge in [-0.25, -0.2) is 4.85 Å². The molecule has 0 saturated heterocycles. The molecule has 8 heteroatoms. The van der Waals surface area contributed by atoms with Gasteiger partial charge in [-0.1, -0.05) is 121 Å². The van der Waals surface area contributed by atoms with Crippen molar-refractivity contribution in [1.82, 2.24) is 9.13 Å². The molecule has 67 heavy (non-hydrogen) atoms. The molecule has 5 nitrogen and oxygen atoms in total. The van der Waals surface area contributed by atoms with Crippen molar-refractivity contribution < 1.29 is 13.2 Å². The highest BCUT2D eigenvalue weighted by molar-refractivity contribution is 6.13. The van der Waals surface area contributed by atoms with Crippen LogP contribution in [0.15, 0.2) is 188 Å². The molecule has 0 atom stereocenters. The van der Waals surface area contributed by atoms with Crippen LogP contribution in [0.3, 0.4) is 0 Å². The number of hydrogen-bond donors (Lipinski definition) is 0. The van der Waals surface area contributed by atoms with Gasteiger partial charge in [-0.2, -0.15) is 23.7 Å². The van der Waals surface area contributed by atoms with E-state index in [9.17, 15) is 23.7 Å². The first kappa shape index (κ1) is 40.6. The van der Waals surface area contributed by atoms with Gasteiger partial charge in [0.15, 0.2) is 5.69 Å². The van der Waals surface area contributed by atoms with E-state index in [-0.39, 0.29) is 5.56 Å². The van der Waals surface area contributed by atoms with Crippen LogP contribution in [0.5, 0.6) is 0 Å². The van der Waals surface area contributed by atoms with Gasteiger partial charge in [-0.15, -0.1) is 0 Å². The van der Waals surface area contributed by atoms with Gasteiger partial charge in [0.25, 0.3) is 0 Å². The molecule has 2 aromatic heterocycles. The Morgan fingerprint density at radius 3 is 1.64 bits per heavy atom. The zero-order chi connectivity index (χ0) is 46.0. The molecule has 0 spiro atoms. The largest absolute Gasteiger partial charge is 0.417 e. The fourth-order valence-electron chi connectivity index (χ4n) is 9.85. The summed E-state index contributed by atoms with van der Waals surface area (Å²) in [5, 5.41) is 24.2. The standard InChI is InChI=1S/C59H34F3N5/c1-36-12-11-18-50(59(60,61)62)58(36)40-23-27-47(57(33-40)67-53-21-10-7-16-44(53)48-31-38(24-28-55(48)67)42-14-4-3-13-41(42)35-64)46-26-22-37(34-63)30-56(46)66-52-20-9-6-17-45(52)49-32-39(25-29-54(49)66)43-15-5-8-19-51(43)65-2/h3-33H,1H3. The lowest BCUT2D eigenvalue weighted by molar-refractivity contribution is -0.137. The summed E-state index contributed by atoms with van der Waals surface area (Å²) in [6, 6.07) is 63.3. The number of rotatable bonds is 6. The topological polar surface area (TPSA) is 61.8 Å². The van der Waals surface area contributed by atoms with Crippen molar-refractivity contribution in [1.29, 1.82) is 10.5 Å². The average Bonchev–Trinajstić information content (AvgIpc) is 3.87. The summed E-state index contributed by atoms with van der Waals surface area (Å²) < 4.78 is 49.0. The van der Waals surface area contributed by atoms with Crippen LogP contribution in [-0.2, 0) is 6.18 Å². The van der Waals surface area contributed by atoms with Crippen molar-refractivity contribution in [2.24, 2.45) is 0 Å². The maximum atomic E-state index is 14.9. The van der Waals surface area contributed by atoms with Crippen molar-refractivity contribution in [3.05, 3.63) is 222 Å². The van der Waals surface area contributed by atoms with Crippen molar-refractivity contribution in [2.75, 3.05) is 0 Å². The van der Waals surface area contributed by atoms with Crippen molar-refractivity contribution in [3.8, 4) is 68.0 Å². The highest BCUT2D eigenvalue weighted by atomic mass is 19.4. The summed E-state index contributed by atoms with van der Waals surface area (Å²) >= 11 is 0. The molecule has 0 N–H and O–H groups in total. The first-order chi connectivity index (χ1) is 32.7. The third kappa shape index (κ3) is 6.61. The van der Waals surface area contributed by atoms with Crippen LogP contribution in [0, 0.1) is 36.2 Å². The second-order valence-corrected chi connectivity index (χ2v) is 16.5. The predicted molar refractivity (Wildman–Crippen MR) is 262 cm³/mol. The van der Waals surface area contributed by atoms with Gasteiger partial charge in [0.2, 0.25) is 0 Å². The number of aryl methyl sites for hydroxylation is 1. The third-order valence-electron chi connectivity index (χ3n) is 12.8. The first-order valence-electron chi connectivity index (χ1n) is 21.6. The van der Waals surface area contributed by atoms with E-state index in [1.54, 1.807) is 31.2 Å². The van der Waals surface area contributed by atoms with Crippen molar-refractivity contribution in [3.63, 3.8) is 0 Å². The van der Waals surface area contributed by atoms with E-state index in [2.05, 4.69) is 44.3 Å². The summed E-state index contributed by atoms with van der Waals surface area (Å²) in [5.74, 6) is 0. The van der Waals surface area contributed by atoms with Crippen LogP contribution < -0.4 is 0 Å². The number of aromatic nitrogens is 2. The number of alkyl halides is 3. The normalized spacial score (nSPS) is 11.5. The number of nitriles is 2. The van der Waals surface area contributed by atoms with Crippen LogP contribution in [0.4, 0.5) is 18.9 Å². The minimum absolute atomic E-state index is 0.0945. The molecule has 9 aromatic carbocycles. The number of hydrogen-bond acceptors (Lipinski definition) is 2. The lowest BCUT2D eigenvalue weighted by Gasteiger charge is -2.21. The van der Waals surface area contributed by atoms with Crippen LogP contribution >= 0.6 is 0 Å². The summed E-state index contributed by atoms with van der Waals surface area (Å²) in [7, 11) is 0. The molecule has 0 amide bonds. The van der Waals surface area contributed by atoms with Crippen LogP contribution in [0.1, 0.15) is 22.3 Å². The van der Waals surface area contributed by atoms with E-state index in [4.69, 9.17) is 6.57 Å². The monoisotopic (exact) mass is 869 g/mol. The SMILES string of the molecule is [C-]#[N+]c1ccccc1-c1ccc2c(c1)c1ccccc1n2-c1cc(C#N)ccc1-c1ccc(-c2c(C)cccc2C(F)(F)F)cc1-n1c2ccccc2c2cc(-c3ccccc3C#N)ccc21. The second kappa shape index (κ2) is 15.8. The Morgan fingerprint density at radius 1 is 0.478 bits per heavy atom. The fourth-order valence-corrected chi connectivity index (χ4v) is 9.85. The molecule has 2 heterocycles. The minimum atomic E-state index is -4.61. The molecule has 0 bridgehead atoms. The number of nitrogens with zero attached hydrogens (tertiary/aromatic N) is 5. The zero-order valence-corrected chi connectivity index (χ0v) is 35.8. The van der Waals surface area contributed by atoms with E-state index < -0.39 is 11.7 Å². The Kier molecular flexibility index (Phi) is 9.59. The average molecular weight is 870 g/mol. The number of halogens is 3. The van der Waals surface area contributed by atoms with Crippen LogP contribution in [0.2, 0.25) is 0 Å². The highest BCUT2D eigenvalue weighted by Gasteiger charge is 2.34. The highest BCUT2D eigenvalue weighted by Crippen LogP contribution is 2.46. The van der Waals surface area contributed by atoms with Gasteiger partial charge >= 0.3 is 6.18 Å². The van der Waals surface area contributed by atoms with E-state index in [0.29, 0.717) is 39.3 Å². The van der Waals surface area contributed by atoms with E-state index in [1.807, 2.05) is 133 Å². The lowest BCUT2D eigenvalue weighted by Crippen LogP contribution is -2.08. The van der Waals surface area contributed by atoms with Gasteiger partial charge in [-0.05, 0) is 113 Å². The molecule has 0 aliphatic heterocycles. The van der Waals surface area contributed by atoms with Gasteiger partial charge < -0.3 is 9.13 Å². The van der Waals surface area contributed by atoms with E-state index in [0.717, 1.165) is 83.1 Å². The van der Waals surface area contributed by atoms with Crippen LogP contribution in [0.25, 0.3) is 104 Å². The minimum Gasteiger partial charge on any atom is -0.309 e. The summed E-state index contributed by atoms with van der Waals surface area (Å²) in [6.07, 6.45) is -4.61. The number of benzene rings is 9. The smallest absolute Gasteiger partial charge is 0.309 e. The molecule has 11 aromatic rings. The van der Waals surface area contributed by atoms with E-state index in [1.165, 1.54) is 6.07 Å². The van der Waals surface area contributed by atoms with Gasteiger partial charge in [0.1, 0.15) is 0 Å². The van der Waals surface area contributed by atoms with Gasteiger partial charge in [0, 0.05) is 32.7 Å². The van der Waals surface area contributed by atoms with Crippen LogP contribution in [-0.4, -0.2) is 9.13 Å². The van der Waals surface area contributed by atoms with Crippen molar-refractivity contribution in [2.45, 2.75) is 13.1 Å². The molecular formula is C59H34F3N5. The molecule has 0 radical (unpaired) electrons. The third-order valence-corrected chi connectivity index (χ3v) is 12.8. The molecule has 0 fully saturated rings. The second-order valence-electron chi connectivity index (χ2n) is 16.5. The molecule has 0 aliphatic carbocycles. The Bertz CT molecular complexity index is 3980. The molecule has 0 saturated carbocycles.